The molecule has 0 radical (unpaired) electrons. The Labute approximate surface area is 95.5 Å². The van der Waals surface area contributed by atoms with Crippen molar-refractivity contribution in [3.8, 4) is 0 Å². The lowest BCUT2D eigenvalue weighted by Gasteiger charge is -2.18. The van der Waals surface area contributed by atoms with Crippen LogP contribution in [0, 0.1) is 0 Å². The van der Waals surface area contributed by atoms with Crippen LogP contribution in [0.4, 0.5) is 0 Å². The minimum absolute atomic E-state index is 0.197. The van der Waals surface area contributed by atoms with E-state index in [4.69, 9.17) is 4.42 Å². The monoisotopic (exact) mass is 216 g/mol. The molecule has 0 saturated carbocycles. The summed E-state index contributed by atoms with van der Waals surface area (Å²) in [5.41, 5.74) is 2.72. The Morgan fingerprint density at radius 2 is 1.81 bits per heavy atom. The molecular weight excluding hydrogens is 200 g/mol. The Balaban J connectivity index is 2.14. The van der Waals surface area contributed by atoms with Crippen molar-refractivity contribution in [3.05, 3.63) is 47.7 Å². The molecule has 0 aliphatic rings. The van der Waals surface area contributed by atoms with E-state index in [0.29, 0.717) is 12.3 Å². The van der Waals surface area contributed by atoms with Crippen LogP contribution in [-0.2, 0) is 11.8 Å². The normalized spacial score (nSPS) is 11.7. The minimum Gasteiger partial charge on any atom is -0.428 e. The highest BCUT2D eigenvalue weighted by Crippen LogP contribution is 2.22. The molecule has 1 heterocycles. The molecule has 0 amide bonds. The van der Waals surface area contributed by atoms with Gasteiger partial charge in [0.25, 0.3) is 0 Å². The fraction of sp³-hybridized carbons (Fsp3) is 0.385. The number of benzene rings is 1. The van der Waals surface area contributed by atoms with Gasteiger partial charge in [0.1, 0.15) is 0 Å². The molecule has 84 valence electrons. The lowest BCUT2D eigenvalue weighted by Crippen LogP contribution is -2.10. The maximum atomic E-state index is 5.11. The quantitative estimate of drug-likeness (QED) is 0.774. The van der Waals surface area contributed by atoms with Gasteiger partial charge in [0.2, 0.25) is 12.3 Å². The molecule has 0 N–H and O–H groups in total. The van der Waals surface area contributed by atoms with Crippen LogP contribution in [0.2, 0.25) is 0 Å². The van der Waals surface area contributed by atoms with Crippen LogP contribution in [0.15, 0.2) is 35.1 Å². The summed E-state index contributed by atoms with van der Waals surface area (Å²) in [5, 5.41) is 7.52. The van der Waals surface area contributed by atoms with Crippen LogP contribution in [0.5, 0.6) is 0 Å². The van der Waals surface area contributed by atoms with Gasteiger partial charge in [-0.2, -0.15) is 0 Å². The van der Waals surface area contributed by atoms with E-state index in [9.17, 15) is 0 Å². The SMILES string of the molecule is CC(C)(C)c1ccc(Cc2nnco2)cc1. The van der Waals surface area contributed by atoms with Crippen molar-refractivity contribution in [2.75, 3.05) is 0 Å². The zero-order valence-corrected chi connectivity index (χ0v) is 9.90. The molecule has 0 unspecified atom stereocenters. The first-order chi connectivity index (χ1) is 7.55. The second kappa shape index (κ2) is 4.08. The third-order valence-corrected chi connectivity index (χ3v) is 2.58. The van der Waals surface area contributed by atoms with E-state index >= 15 is 0 Å². The predicted octanol–water partition coefficient (Wildman–Crippen LogP) is 2.96. The van der Waals surface area contributed by atoms with Crippen LogP contribution < -0.4 is 0 Å². The van der Waals surface area contributed by atoms with Crippen molar-refractivity contribution in [2.24, 2.45) is 0 Å². The van der Waals surface area contributed by atoms with Crippen LogP contribution in [0.1, 0.15) is 37.8 Å². The van der Waals surface area contributed by atoms with Crippen LogP contribution in [0.3, 0.4) is 0 Å². The van der Waals surface area contributed by atoms with E-state index in [1.54, 1.807) is 0 Å². The standard InChI is InChI=1S/C13H16N2O/c1-13(2,3)11-6-4-10(5-7-11)8-12-15-14-9-16-12/h4-7,9H,8H2,1-3H3. The van der Waals surface area contributed by atoms with Crippen molar-refractivity contribution >= 4 is 0 Å². The van der Waals surface area contributed by atoms with Crippen LogP contribution >= 0.6 is 0 Å². The zero-order chi connectivity index (χ0) is 11.6. The molecule has 0 saturated heterocycles. The Hall–Kier alpha value is -1.64. The topological polar surface area (TPSA) is 38.9 Å². The molecular formula is C13H16N2O. The summed E-state index contributed by atoms with van der Waals surface area (Å²) >= 11 is 0. The Morgan fingerprint density at radius 1 is 1.12 bits per heavy atom. The number of rotatable bonds is 2. The molecule has 0 aliphatic carbocycles. The van der Waals surface area contributed by atoms with E-state index in [2.05, 4.69) is 55.2 Å². The van der Waals surface area contributed by atoms with Crippen LogP contribution in [0.25, 0.3) is 0 Å². The molecule has 2 rings (SSSR count). The van der Waals surface area contributed by atoms with Gasteiger partial charge in [0.05, 0.1) is 6.42 Å². The smallest absolute Gasteiger partial charge is 0.220 e. The summed E-state index contributed by atoms with van der Waals surface area (Å²) in [6, 6.07) is 8.55. The highest BCUT2D eigenvalue weighted by Gasteiger charge is 2.13. The van der Waals surface area contributed by atoms with Gasteiger partial charge < -0.3 is 4.42 Å². The first kappa shape index (κ1) is 10.9. The lowest BCUT2D eigenvalue weighted by atomic mass is 9.86. The van der Waals surface area contributed by atoms with Crippen molar-refractivity contribution in [1.82, 2.24) is 10.2 Å². The number of hydrogen-bond acceptors (Lipinski definition) is 3. The molecule has 2 aromatic rings. The maximum Gasteiger partial charge on any atom is 0.220 e. The molecule has 3 heteroatoms. The van der Waals surface area contributed by atoms with Crippen molar-refractivity contribution in [3.63, 3.8) is 0 Å². The van der Waals surface area contributed by atoms with E-state index in [1.807, 2.05) is 0 Å². The minimum atomic E-state index is 0.197. The second-order valence-electron chi connectivity index (χ2n) is 4.96. The summed E-state index contributed by atoms with van der Waals surface area (Å²) < 4.78 is 5.11. The molecule has 16 heavy (non-hydrogen) atoms. The summed E-state index contributed by atoms with van der Waals surface area (Å²) in [4.78, 5) is 0. The van der Waals surface area contributed by atoms with Gasteiger partial charge in [-0.1, -0.05) is 45.0 Å². The van der Waals surface area contributed by atoms with Gasteiger partial charge >= 0.3 is 0 Å². The number of hydrogen-bond donors (Lipinski definition) is 0. The number of aromatic nitrogens is 2. The molecule has 1 aromatic heterocycles. The molecule has 0 bridgehead atoms. The number of nitrogens with zero attached hydrogens (tertiary/aromatic N) is 2. The van der Waals surface area contributed by atoms with Gasteiger partial charge in [0, 0.05) is 0 Å². The second-order valence-corrected chi connectivity index (χ2v) is 4.96. The predicted molar refractivity (Wildman–Crippen MR) is 62.2 cm³/mol. The average molecular weight is 216 g/mol. The molecule has 1 aromatic carbocycles. The highest BCUT2D eigenvalue weighted by molar-refractivity contribution is 5.28. The van der Waals surface area contributed by atoms with Crippen molar-refractivity contribution in [1.29, 1.82) is 0 Å². The molecule has 0 atom stereocenters. The fourth-order valence-electron chi connectivity index (χ4n) is 1.57. The molecule has 0 fully saturated rings. The van der Waals surface area contributed by atoms with Crippen LogP contribution in [-0.4, -0.2) is 10.2 Å². The Morgan fingerprint density at radius 3 is 2.31 bits per heavy atom. The molecule has 3 nitrogen and oxygen atoms in total. The third-order valence-electron chi connectivity index (χ3n) is 2.58. The van der Waals surface area contributed by atoms with Gasteiger partial charge in [0.15, 0.2) is 0 Å². The van der Waals surface area contributed by atoms with Crippen molar-refractivity contribution in [2.45, 2.75) is 32.6 Å². The van der Waals surface area contributed by atoms with E-state index in [0.717, 1.165) is 0 Å². The van der Waals surface area contributed by atoms with E-state index < -0.39 is 0 Å². The van der Waals surface area contributed by atoms with Gasteiger partial charge in [-0.3, -0.25) is 0 Å². The van der Waals surface area contributed by atoms with Gasteiger partial charge in [-0.15, -0.1) is 10.2 Å². The Kier molecular flexibility index (Phi) is 2.77. The summed E-state index contributed by atoms with van der Waals surface area (Å²) in [5.74, 6) is 0.656. The fourth-order valence-corrected chi connectivity index (χ4v) is 1.57. The van der Waals surface area contributed by atoms with E-state index in [1.165, 1.54) is 17.5 Å². The third kappa shape index (κ3) is 2.48. The average Bonchev–Trinajstić information content (AvgIpc) is 2.70. The first-order valence-corrected chi connectivity index (χ1v) is 5.40. The summed E-state index contributed by atoms with van der Waals surface area (Å²) in [6.45, 7) is 6.63. The summed E-state index contributed by atoms with van der Waals surface area (Å²) in [7, 11) is 0. The molecule has 0 spiro atoms. The molecule has 0 aliphatic heterocycles. The highest BCUT2D eigenvalue weighted by atomic mass is 16.4. The lowest BCUT2D eigenvalue weighted by molar-refractivity contribution is 0.504. The largest absolute Gasteiger partial charge is 0.428 e. The summed E-state index contributed by atoms with van der Waals surface area (Å²) in [6.07, 6.45) is 2.06. The van der Waals surface area contributed by atoms with E-state index in [-0.39, 0.29) is 5.41 Å². The Bertz CT molecular complexity index is 438. The maximum absolute atomic E-state index is 5.11. The van der Waals surface area contributed by atoms with Gasteiger partial charge in [-0.25, -0.2) is 0 Å². The zero-order valence-electron chi connectivity index (χ0n) is 9.90. The van der Waals surface area contributed by atoms with Gasteiger partial charge in [-0.05, 0) is 16.5 Å². The first-order valence-electron chi connectivity index (χ1n) is 5.40. The van der Waals surface area contributed by atoms with Crippen molar-refractivity contribution < 1.29 is 4.42 Å².